The van der Waals surface area contributed by atoms with Gasteiger partial charge in [-0.1, -0.05) is 45.4 Å². The van der Waals surface area contributed by atoms with Crippen LogP contribution in [0.1, 0.15) is 81.5 Å². The van der Waals surface area contributed by atoms with Crippen LogP contribution in [0.4, 0.5) is 0 Å². The number of hydrogen-bond acceptors (Lipinski definition) is 5. The van der Waals surface area contributed by atoms with Gasteiger partial charge in [-0.25, -0.2) is 0 Å². The van der Waals surface area contributed by atoms with E-state index in [2.05, 4.69) is 6.92 Å². The highest BCUT2D eigenvalue weighted by atomic mass is 32.2. The average molecular weight is 477 g/mol. The lowest BCUT2D eigenvalue weighted by Gasteiger charge is -2.44. The van der Waals surface area contributed by atoms with Crippen LogP contribution in [0.2, 0.25) is 0 Å². The van der Waals surface area contributed by atoms with Crippen LogP contribution in [0.15, 0.2) is 18.2 Å². The molecule has 0 bridgehead atoms. The van der Waals surface area contributed by atoms with E-state index in [4.69, 9.17) is 9.47 Å². The van der Waals surface area contributed by atoms with E-state index in [1.54, 1.807) is 32.4 Å². The monoisotopic (exact) mass is 476 g/mol. The summed E-state index contributed by atoms with van der Waals surface area (Å²) in [6.07, 6.45) is 10.9. The lowest BCUT2D eigenvalue weighted by Crippen LogP contribution is -2.53. The van der Waals surface area contributed by atoms with E-state index in [1.807, 2.05) is 21.6 Å². The second-order valence-corrected chi connectivity index (χ2v) is 10.6. The predicted molar refractivity (Wildman–Crippen MR) is 134 cm³/mol. The molecule has 0 atom stereocenters. The number of piperidine rings is 1. The minimum Gasteiger partial charge on any atom is -0.497 e. The van der Waals surface area contributed by atoms with E-state index in [9.17, 15) is 9.59 Å². The molecule has 0 N–H and O–H groups in total. The van der Waals surface area contributed by atoms with Crippen molar-refractivity contribution in [3.63, 3.8) is 0 Å². The molecule has 7 heteroatoms. The molecule has 1 aromatic carbocycles. The number of thioether (sulfide) groups is 1. The van der Waals surface area contributed by atoms with Crippen molar-refractivity contribution >= 4 is 23.6 Å². The Bertz CT molecular complexity index is 770. The van der Waals surface area contributed by atoms with Crippen LogP contribution in [0, 0.1) is 0 Å². The summed E-state index contributed by atoms with van der Waals surface area (Å²) in [5.41, 5.74) is 0.588. The van der Waals surface area contributed by atoms with Crippen LogP contribution < -0.4 is 9.47 Å². The van der Waals surface area contributed by atoms with Crippen LogP contribution in [-0.4, -0.2) is 66.1 Å². The molecule has 1 spiro atoms. The van der Waals surface area contributed by atoms with Crippen molar-refractivity contribution in [1.82, 2.24) is 9.80 Å². The Morgan fingerprint density at radius 3 is 2.12 bits per heavy atom. The molecule has 2 saturated heterocycles. The molecule has 0 unspecified atom stereocenters. The number of hydrogen-bond donors (Lipinski definition) is 0. The number of carbonyl (C=O) groups excluding carboxylic acids is 2. The fourth-order valence-electron chi connectivity index (χ4n) is 4.89. The SMILES string of the molecule is CCCCCCCCCC(=O)N1CCC2(CC1)SCCN2C(=O)c1cc(OC)cc(OC)c1. The Morgan fingerprint density at radius 2 is 1.52 bits per heavy atom. The maximum atomic E-state index is 13.5. The Hall–Kier alpha value is -1.89. The zero-order chi connectivity index (χ0) is 23.7. The Labute approximate surface area is 203 Å². The maximum absolute atomic E-state index is 13.5. The third-order valence-electron chi connectivity index (χ3n) is 6.91. The van der Waals surface area contributed by atoms with Gasteiger partial charge in [0, 0.05) is 43.4 Å². The molecule has 2 aliphatic rings. The van der Waals surface area contributed by atoms with Crippen molar-refractivity contribution in [2.24, 2.45) is 0 Å². The number of likely N-dealkylation sites (tertiary alicyclic amines) is 1. The number of rotatable bonds is 11. The molecule has 2 fully saturated rings. The van der Waals surface area contributed by atoms with Crippen molar-refractivity contribution < 1.29 is 19.1 Å². The van der Waals surface area contributed by atoms with E-state index in [0.29, 0.717) is 23.5 Å². The molecular weight excluding hydrogens is 436 g/mol. The zero-order valence-electron chi connectivity index (χ0n) is 20.6. The summed E-state index contributed by atoms with van der Waals surface area (Å²) in [7, 11) is 3.19. The van der Waals surface area contributed by atoms with Crippen LogP contribution in [0.5, 0.6) is 11.5 Å². The smallest absolute Gasteiger partial charge is 0.255 e. The fourth-order valence-corrected chi connectivity index (χ4v) is 6.35. The third-order valence-corrected chi connectivity index (χ3v) is 8.47. The quantitative estimate of drug-likeness (QED) is 0.403. The number of methoxy groups -OCH3 is 2. The van der Waals surface area contributed by atoms with Crippen molar-refractivity contribution in [2.75, 3.05) is 39.6 Å². The highest BCUT2D eigenvalue weighted by molar-refractivity contribution is 8.00. The lowest BCUT2D eigenvalue weighted by atomic mass is 10.00. The number of ether oxygens (including phenoxy) is 2. The summed E-state index contributed by atoms with van der Waals surface area (Å²) >= 11 is 1.87. The Morgan fingerprint density at radius 1 is 0.909 bits per heavy atom. The van der Waals surface area contributed by atoms with Gasteiger partial charge >= 0.3 is 0 Å². The number of carbonyl (C=O) groups is 2. The van der Waals surface area contributed by atoms with Gasteiger partial charge in [0.15, 0.2) is 0 Å². The molecule has 33 heavy (non-hydrogen) atoms. The number of benzene rings is 1. The molecule has 0 radical (unpaired) electrons. The molecule has 184 valence electrons. The summed E-state index contributed by atoms with van der Waals surface area (Å²) in [5, 5.41) is 0. The van der Waals surface area contributed by atoms with E-state index in [0.717, 1.165) is 51.1 Å². The minimum atomic E-state index is -0.219. The molecule has 2 amide bonds. The average Bonchev–Trinajstić information content (AvgIpc) is 3.25. The Kier molecular flexibility index (Phi) is 9.78. The largest absolute Gasteiger partial charge is 0.497 e. The maximum Gasteiger partial charge on any atom is 0.255 e. The highest BCUT2D eigenvalue weighted by Gasteiger charge is 2.47. The van der Waals surface area contributed by atoms with Gasteiger partial charge in [-0.3, -0.25) is 9.59 Å². The lowest BCUT2D eigenvalue weighted by molar-refractivity contribution is -0.132. The summed E-state index contributed by atoms with van der Waals surface area (Å²) in [6, 6.07) is 5.34. The van der Waals surface area contributed by atoms with Crippen molar-refractivity contribution in [1.29, 1.82) is 0 Å². The van der Waals surface area contributed by atoms with Crippen molar-refractivity contribution in [3.8, 4) is 11.5 Å². The van der Waals surface area contributed by atoms with E-state index in [1.165, 1.54) is 32.1 Å². The van der Waals surface area contributed by atoms with Gasteiger partial charge in [-0.2, -0.15) is 0 Å². The first kappa shape index (κ1) is 25.7. The van der Waals surface area contributed by atoms with Gasteiger partial charge < -0.3 is 19.3 Å². The molecule has 6 nitrogen and oxygen atoms in total. The van der Waals surface area contributed by atoms with E-state index >= 15 is 0 Å². The normalized spacial score (nSPS) is 17.4. The van der Waals surface area contributed by atoms with Gasteiger partial charge in [-0.05, 0) is 31.4 Å². The van der Waals surface area contributed by atoms with Gasteiger partial charge in [0.25, 0.3) is 5.91 Å². The standard InChI is InChI=1S/C26H40N2O4S/c1-4-5-6-7-8-9-10-11-24(29)27-14-12-26(13-15-27)28(16-17-33-26)25(30)21-18-22(31-2)20-23(19-21)32-3/h18-20H,4-17H2,1-3H3. The first-order valence-electron chi connectivity index (χ1n) is 12.5. The predicted octanol–water partition coefficient (Wildman–Crippen LogP) is 5.35. The highest BCUT2D eigenvalue weighted by Crippen LogP contribution is 2.45. The second-order valence-electron chi connectivity index (χ2n) is 9.10. The molecule has 1 aromatic rings. The third kappa shape index (κ3) is 6.58. The molecule has 0 saturated carbocycles. The number of nitrogens with zero attached hydrogens (tertiary/aromatic N) is 2. The fraction of sp³-hybridized carbons (Fsp3) is 0.692. The zero-order valence-corrected chi connectivity index (χ0v) is 21.4. The minimum absolute atomic E-state index is 0.0139. The summed E-state index contributed by atoms with van der Waals surface area (Å²) < 4.78 is 10.7. The molecule has 0 aromatic heterocycles. The van der Waals surface area contributed by atoms with Gasteiger partial charge in [-0.15, -0.1) is 11.8 Å². The van der Waals surface area contributed by atoms with E-state index < -0.39 is 0 Å². The summed E-state index contributed by atoms with van der Waals surface area (Å²) in [4.78, 5) is 30.0. The van der Waals surface area contributed by atoms with Gasteiger partial charge in [0.1, 0.15) is 11.5 Å². The van der Waals surface area contributed by atoms with Crippen molar-refractivity contribution in [3.05, 3.63) is 23.8 Å². The molecule has 2 heterocycles. The molecule has 2 aliphatic heterocycles. The first-order valence-corrected chi connectivity index (χ1v) is 13.5. The van der Waals surface area contributed by atoms with Gasteiger partial charge in [0.05, 0.1) is 19.1 Å². The summed E-state index contributed by atoms with van der Waals surface area (Å²) in [5.74, 6) is 2.45. The van der Waals surface area contributed by atoms with Crippen LogP contribution in [0.25, 0.3) is 0 Å². The first-order chi connectivity index (χ1) is 16.0. The summed E-state index contributed by atoms with van der Waals surface area (Å²) in [6.45, 7) is 4.42. The molecule has 3 rings (SSSR count). The topological polar surface area (TPSA) is 59.1 Å². The molecular formula is C26H40N2O4S. The number of unbranched alkanes of at least 4 members (excludes halogenated alkanes) is 6. The van der Waals surface area contributed by atoms with Crippen LogP contribution in [-0.2, 0) is 4.79 Å². The second kappa shape index (κ2) is 12.5. The van der Waals surface area contributed by atoms with Gasteiger partial charge in [0.2, 0.25) is 5.91 Å². The van der Waals surface area contributed by atoms with Crippen LogP contribution in [0.3, 0.4) is 0 Å². The molecule has 0 aliphatic carbocycles. The Balaban J connectivity index is 1.53. The van der Waals surface area contributed by atoms with Crippen molar-refractivity contribution in [2.45, 2.75) is 76.0 Å². The van der Waals surface area contributed by atoms with E-state index in [-0.39, 0.29) is 16.7 Å². The van der Waals surface area contributed by atoms with Crippen LogP contribution >= 0.6 is 11.8 Å². The number of amides is 2.